The van der Waals surface area contributed by atoms with Gasteiger partial charge in [-0.2, -0.15) is 5.10 Å². The highest BCUT2D eigenvalue weighted by atomic mass is 15.3. The van der Waals surface area contributed by atoms with Crippen LogP contribution >= 0.6 is 0 Å². The molecule has 0 radical (unpaired) electrons. The molecule has 3 heterocycles. The van der Waals surface area contributed by atoms with Gasteiger partial charge in [-0.1, -0.05) is 6.07 Å². The molecule has 0 atom stereocenters. The van der Waals surface area contributed by atoms with Crippen molar-refractivity contribution in [2.45, 2.75) is 6.92 Å². The van der Waals surface area contributed by atoms with Gasteiger partial charge in [-0.15, -0.1) is 0 Å². The molecular formula is C12H16N4. The van der Waals surface area contributed by atoms with E-state index < -0.39 is 0 Å². The quantitative estimate of drug-likeness (QED) is 0.773. The van der Waals surface area contributed by atoms with Crippen LogP contribution in [0.15, 0.2) is 24.3 Å². The van der Waals surface area contributed by atoms with Crippen molar-refractivity contribution in [1.29, 1.82) is 0 Å². The molecule has 1 N–H and O–H groups in total. The maximum absolute atomic E-state index is 4.54. The Morgan fingerprint density at radius 2 is 2.06 bits per heavy atom. The summed E-state index contributed by atoms with van der Waals surface area (Å²) in [5.74, 6) is 1.20. The van der Waals surface area contributed by atoms with E-state index in [-0.39, 0.29) is 0 Å². The second-order valence-corrected chi connectivity index (χ2v) is 4.24. The molecule has 84 valence electrons. The van der Waals surface area contributed by atoms with Gasteiger partial charge >= 0.3 is 0 Å². The Kier molecular flexibility index (Phi) is 2.29. The van der Waals surface area contributed by atoms with E-state index in [0.717, 1.165) is 31.9 Å². The van der Waals surface area contributed by atoms with Gasteiger partial charge in [0.2, 0.25) is 0 Å². The van der Waals surface area contributed by atoms with E-state index in [1.807, 2.05) is 11.4 Å². The van der Waals surface area contributed by atoms with Crippen molar-refractivity contribution in [3.63, 3.8) is 0 Å². The normalized spacial score (nSPS) is 16.9. The van der Waals surface area contributed by atoms with E-state index in [9.17, 15) is 0 Å². The van der Waals surface area contributed by atoms with Crippen molar-refractivity contribution in [2.75, 3.05) is 31.1 Å². The van der Waals surface area contributed by atoms with Crippen molar-refractivity contribution in [1.82, 2.24) is 14.9 Å². The summed E-state index contributed by atoms with van der Waals surface area (Å²) < 4.78 is 2.04. The first kappa shape index (κ1) is 9.66. The number of hydrogen-bond acceptors (Lipinski definition) is 3. The molecule has 16 heavy (non-hydrogen) atoms. The van der Waals surface area contributed by atoms with Gasteiger partial charge in [0.1, 0.15) is 5.82 Å². The SMILES string of the molecule is Cc1cc2cccc(N3CCNCC3)n2n1. The molecule has 3 rings (SSSR count). The van der Waals surface area contributed by atoms with Crippen LogP contribution in [0.1, 0.15) is 5.69 Å². The van der Waals surface area contributed by atoms with Crippen molar-refractivity contribution < 1.29 is 0 Å². The number of nitrogens with zero attached hydrogens (tertiary/aromatic N) is 3. The fourth-order valence-electron chi connectivity index (χ4n) is 2.26. The van der Waals surface area contributed by atoms with E-state index in [0.29, 0.717) is 0 Å². The zero-order valence-corrected chi connectivity index (χ0v) is 9.48. The summed E-state index contributed by atoms with van der Waals surface area (Å²) in [5, 5.41) is 7.91. The van der Waals surface area contributed by atoms with Crippen LogP contribution in [0.3, 0.4) is 0 Å². The molecule has 0 unspecified atom stereocenters. The molecule has 0 aromatic carbocycles. The first-order valence-electron chi connectivity index (χ1n) is 5.76. The van der Waals surface area contributed by atoms with Crippen LogP contribution < -0.4 is 10.2 Å². The number of fused-ring (bicyclic) bond motifs is 1. The van der Waals surface area contributed by atoms with Gasteiger partial charge in [0.15, 0.2) is 0 Å². The zero-order valence-electron chi connectivity index (χ0n) is 9.48. The maximum atomic E-state index is 4.54. The number of piperazine rings is 1. The van der Waals surface area contributed by atoms with Gasteiger partial charge in [-0.25, -0.2) is 4.52 Å². The zero-order chi connectivity index (χ0) is 11.0. The fourth-order valence-corrected chi connectivity index (χ4v) is 2.26. The Balaban J connectivity index is 2.07. The minimum atomic E-state index is 1.05. The van der Waals surface area contributed by atoms with Crippen LogP contribution in [0.4, 0.5) is 5.82 Å². The predicted molar refractivity (Wildman–Crippen MR) is 65.0 cm³/mol. The van der Waals surface area contributed by atoms with Crippen molar-refractivity contribution >= 4 is 11.3 Å². The van der Waals surface area contributed by atoms with Crippen molar-refractivity contribution in [3.05, 3.63) is 30.0 Å². The molecular weight excluding hydrogens is 200 g/mol. The molecule has 0 spiro atoms. The Labute approximate surface area is 94.9 Å². The standard InChI is InChI=1S/C12H16N4/c1-10-9-11-3-2-4-12(16(11)14-10)15-7-5-13-6-8-15/h2-4,9,13H,5-8H2,1H3. The Hall–Kier alpha value is -1.55. The van der Waals surface area contributed by atoms with Gasteiger partial charge in [-0.05, 0) is 25.1 Å². The number of anilines is 1. The van der Waals surface area contributed by atoms with Crippen LogP contribution in [-0.2, 0) is 0 Å². The highest BCUT2D eigenvalue weighted by Gasteiger charge is 2.13. The van der Waals surface area contributed by atoms with Crippen LogP contribution in [0.2, 0.25) is 0 Å². The number of aryl methyl sites for hydroxylation is 1. The lowest BCUT2D eigenvalue weighted by Gasteiger charge is -2.29. The third-order valence-corrected chi connectivity index (χ3v) is 3.03. The molecule has 4 nitrogen and oxygen atoms in total. The van der Waals surface area contributed by atoms with Crippen LogP contribution in [0.5, 0.6) is 0 Å². The van der Waals surface area contributed by atoms with E-state index in [2.05, 4.69) is 39.6 Å². The van der Waals surface area contributed by atoms with Gasteiger partial charge in [0, 0.05) is 26.2 Å². The Bertz CT molecular complexity index is 497. The van der Waals surface area contributed by atoms with E-state index >= 15 is 0 Å². The fraction of sp³-hybridized carbons (Fsp3) is 0.417. The van der Waals surface area contributed by atoms with Crippen molar-refractivity contribution in [2.24, 2.45) is 0 Å². The summed E-state index contributed by atoms with van der Waals surface area (Å²) in [7, 11) is 0. The van der Waals surface area contributed by atoms with Crippen LogP contribution in [0, 0.1) is 6.92 Å². The molecule has 0 bridgehead atoms. The van der Waals surface area contributed by atoms with E-state index in [1.54, 1.807) is 0 Å². The minimum Gasteiger partial charge on any atom is -0.354 e. The third-order valence-electron chi connectivity index (χ3n) is 3.03. The summed E-state index contributed by atoms with van der Waals surface area (Å²) in [6.07, 6.45) is 0. The summed E-state index contributed by atoms with van der Waals surface area (Å²) in [4.78, 5) is 2.38. The summed E-state index contributed by atoms with van der Waals surface area (Å²) in [6.45, 7) is 6.25. The highest BCUT2D eigenvalue weighted by Crippen LogP contribution is 2.17. The monoisotopic (exact) mass is 216 g/mol. The lowest BCUT2D eigenvalue weighted by Crippen LogP contribution is -2.44. The van der Waals surface area contributed by atoms with Gasteiger partial charge in [-0.3, -0.25) is 0 Å². The third kappa shape index (κ3) is 1.55. The molecule has 0 saturated carbocycles. The highest BCUT2D eigenvalue weighted by molar-refractivity contribution is 5.55. The second kappa shape index (κ2) is 3.79. The molecule has 2 aromatic rings. The minimum absolute atomic E-state index is 1.05. The van der Waals surface area contributed by atoms with Crippen LogP contribution in [-0.4, -0.2) is 35.8 Å². The Morgan fingerprint density at radius 1 is 1.25 bits per heavy atom. The smallest absolute Gasteiger partial charge is 0.130 e. The molecule has 1 saturated heterocycles. The average molecular weight is 216 g/mol. The van der Waals surface area contributed by atoms with Gasteiger partial charge in [0.25, 0.3) is 0 Å². The first-order valence-corrected chi connectivity index (χ1v) is 5.76. The summed E-state index contributed by atoms with van der Waals surface area (Å²) >= 11 is 0. The molecule has 0 amide bonds. The number of aromatic nitrogens is 2. The van der Waals surface area contributed by atoms with Crippen LogP contribution in [0.25, 0.3) is 5.52 Å². The van der Waals surface area contributed by atoms with E-state index in [1.165, 1.54) is 11.3 Å². The Morgan fingerprint density at radius 3 is 2.88 bits per heavy atom. The summed E-state index contributed by atoms with van der Waals surface area (Å²) in [6, 6.07) is 8.47. The molecule has 1 aliphatic heterocycles. The average Bonchev–Trinajstić information content (AvgIpc) is 2.70. The van der Waals surface area contributed by atoms with Crippen molar-refractivity contribution in [3.8, 4) is 0 Å². The van der Waals surface area contributed by atoms with Gasteiger partial charge in [0.05, 0.1) is 11.2 Å². The number of nitrogens with one attached hydrogen (secondary N) is 1. The lowest BCUT2D eigenvalue weighted by molar-refractivity contribution is 0.580. The number of pyridine rings is 1. The lowest BCUT2D eigenvalue weighted by atomic mass is 10.3. The summed E-state index contributed by atoms with van der Waals surface area (Å²) in [5.41, 5.74) is 2.25. The predicted octanol–water partition coefficient (Wildman–Crippen LogP) is 1.05. The first-order chi connectivity index (χ1) is 7.84. The molecule has 1 aliphatic rings. The largest absolute Gasteiger partial charge is 0.354 e. The molecule has 0 aliphatic carbocycles. The second-order valence-electron chi connectivity index (χ2n) is 4.24. The number of rotatable bonds is 1. The maximum Gasteiger partial charge on any atom is 0.130 e. The topological polar surface area (TPSA) is 32.6 Å². The molecule has 2 aromatic heterocycles. The van der Waals surface area contributed by atoms with E-state index in [4.69, 9.17) is 0 Å². The molecule has 1 fully saturated rings. The number of hydrogen-bond donors (Lipinski definition) is 1. The molecule has 4 heteroatoms. The van der Waals surface area contributed by atoms with Gasteiger partial charge < -0.3 is 10.2 Å².